The molecule has 0 unspecified atom stereocenters. The second-order valence-electron chi connectivity index (χ2n) is 5.85. The molecule has 0 aromatic carbocycles. The summed E-state index contributed by atoms with van der Waals surface area (Å²) in [6.07, 6.45) is -0.197. The summed E-state index contributed by atoms with van der Waals surface area (Å²) in [5.74, 6) is 1.38. The van der Waals surface area contributed by atoms with Crippen LogP contribution in [0.25, 0.3) is 0 Å². The van der Waals surface area contributed by atoms with Crippen molar-refractivity contribution in [1.29, 1.82) is 0 Å². The Balaban J connectivity index is 1.57. The Hall–Kier alpha value is -2.38. The number of nitrogens with zero attached hydrogens (tertiary/aromatic N) is 4. The van der Waals surface area contributed by atoms with E-state index in [4.69, 9.17) is 0 Å². The summed E-state index contributed by atoms with van der Waals surface area (Å²) < 4.78 is 37.7. The van der Waals surface area contributed by atoms with E-state index in [1.54, 1.807) is 0 Å². The van der Waals surface area contributed by atoms with Crippen molar-refractivity contribution < 1.29 is 13.2 Å². The molecular formula is C16H18F3N5. The maximum atomic E-state index is 12.6. The van der Waals surface area contributed by atoms with E-state index >= 15 is 0 Å². The summed E-state index contributed by atoms with van der Waals surface area (Å²) in [4.78, 5) is 14.2. The summed E-state index contributed by atoms with van der Waals surface area (Å²) in [6.45, 7) is 3.38. The van der Waals surface area contributed by atoms with E-state index in [-0.39, 0.29) is 6.04 Å². The first-order chi connectivity index (χ1) is 11.4. The van der Waals surface area contributed by atoms with Gasteiger partial charge in [0.25, 0.3) is 0 Å². The molecule has 0 aliphatic carbocycles. The van der Waals surface area contributed by atoms with Crippen molar-refractivity contribution in [2.45, 2.75) is 32.0 Å². The highest BCUT2D eigenvalue weighted by Gasteiger charge is 2.31. The number of alkyl halides is 3. The number of anilines is 2. The number of halogens is 3. The number of rotatable bonds is 3. The Morgan fingerprint density at radius 3 is 2.46 bits per heavy atom. The maximum Gasteiger partial charge on any atom is 0.417 e. The molecule has 2 aromatic heterocycles. The molecule has 1 fully saturated rings. The smallest absolute Gasteiger partial charge is 0.367 e. The lowest BCUT2D eigenvalue weighted by Crippen LogP contribution is -2.39. The number of hydrogen-bond acceptors (Lipinski definition) is 5. The molecule has 0 spiro atoms. The highest BCUT2D eigenvalue weighted by atomic mass is 19.4. The topological polar surface area (TPSA) is 53.9 Å². The lowest BCUT2D eigenvalue weighted by molar-refractivity contribution is -0.137. The summed E-state index contributed by atoms with van der Waals surface area (Å²) in [5.41, 5.74) is 0.181. The van der Waals surface area contributed by atoms with Crippen LogP contribution in [0, 0.1) is 6.92 Å². The second kappa shape index (κ2) is 6.62. The van der Waals surface area contributed by atoms with Gasteiger partial charge in [-0.15, -0.1) is 0 Å². The van der Waals surface area contributed by atoms with Crippen LogP contribution in [0.2, 0.25) is 0 Å². The van der Waals surface area contributed by atoms with Gasteiger partial charge in [-0.3, -0.25) is 0 Å². The van der Waals surface area contributed by atoms with Gasteiger partial charge in [0.05, 0.1) is 5.56 Å². The largest absolute Gasteiger partial charge is 0.417 e. The number of pyridine rings is 1. The minimum absolute atomic E-state index is 0.282. The van der Waals surface area contributed by atoms with Gasteiger partial charge in [0.15, 0.2) is 0 Å². The molecule has 0 bridgehead atoms. The molecule has 1 saturated heterocycles. The Morgan fingerprint density at radius 1 is 1.12 bits per heavy atom. The predicted molar refractivity (Wildman–Crippen MR) is 84.9 cm³/mol. The van der Waals surface area contributed by atoms with Crippen molar-refractivity contribution in [2.24, 2.45) is 0 Å². The van der Waals surface area contributed by atoms with Gasteiger partial charge >= 0.3 is 6.18 Å². The van der Waals surface area contributed by atoms with Crippen LogP contribution in [-0.2, 0) is 6.18 Å². The van der Waals surface area contributed by atoms with Crippen molar-refractivity contribution in [3.05, 3.63) is 42.0 Å². The highest BCUT2D eigenvalue weighted by molar-refractivity contribution is 5.41. The maximum absolute atomic E-state index is 12.6. The molecule has 5 nitrogen and oxygen atoms in total. The number of aromatic nitrogens is 3. The van der Waals surface area contributed by atoms with Gasteiger partial charge < -0.3 is 10.2 Å². The van der Waals surface area contributed by atoms with Crippen molar-refractivity contribution in [3.63, 3.8) is 0 Å². The fourth-order valence-corrected chi connectivity index (χ4v) is 2.74. The fraction of sp³-hybridized carbons (Fsp3) is 0.438. The first kappa shape index (κ1) is 16.5. The standard InChI is InChI=1S/C16H18F3N5/c1-11-8-14(22-10-21-11)23-13-4-6-24(7-5-13)15-3-2-12(9-20-15)16(17,18)19/h2-3,8-10,13H,4-7H2,1H3,(H,21,22,23). The Bertz CT molecular complexity index is 679. The Morgan fingerprint density at radius 2 is 1.88 bits per heavy atom. The number of piperidine rings is 1. The number of aryl methyl sites for hydroxylation is 1. The zero-order valence-electron chi connectivity index (χ0n) is 13.2. The number of nitrogens with one attached hydrogen (secondary N) is 1. The highest BCUT2D eigenvalue weighted by Crippen LogP contribution is 2.30. The summed E-state index contributed by atoms with van der Waals surface area (Å²) >= 11 is 0. The zero-order chi connectivity index (χ0) is 17.2. The van der Waals surface area contributed by atoms with E-state index in [9.17, 15) is 13.2 Å². The van der Waals surface area contributed by atoms with Crippen LogP contribution in [0.4, 0.5) is 24.8 Å². The van der Waals surface area contributed by atoms with E-state index in [1.165, 1.54) is 12.4 Å². The van der Waals surface area contributed by atoms with Crippen molar-refractivity contribution >= 4 is 11.6 Å². The average molecular weight is 337 g/mol. The first-order valence-corrected chi connectivity index (χ1v) is 7.75. The van der Waals surface area contributed by atoms with Crippen LogP contribution in [0.1, 0.15) is 24.1 Å². The van der Waals surface area contributed by atoms with Gasteiger partial charge in [-0.05, 0) is 31.9 Å². The molecule has 128 valence electrons. The Kier molecular flexibility index (Phi) is 4.55. The minimum Gasteiger partial charge on any atom is -0.367 e. The van der Waals surface area contributed by atoms with Gasteiger partial charge in [0.1, 0.15) is 18.0 Å². The lowest BCUT2D eigenvalue weighted by Gasteiger charge is -2.33. The van der Waals surface area contributed by atoms with Gasteiger partial charge in [0.2, 0.25) is 0 Å². The molecule has 0 radical (unpaired) electrons. The molecular weight excluding hydrogens is 319 g/mol. The average Bonchev–Trinajstić information content (AvgIpc) is 2.55. The molecule has 1 N–H and O–H groups in total. The molecule has 2 aromatic rings. The fourth-order valence-electron chi connectivity index (χ4n) is 2.74. The number of hydrogen-bond donors (Lipinski definition) is 1. The van der Waals surface area contributed by atoms with Crippen LogP contribution in [-0.4, -0.2) is 34.1 Å². The van der Waals surface area contributed by atoms with E-state index < -0.39 is 11.7 Å². The SMILES string of the molecule is Cc1cc(NC2CCN(c3ccc(C(F)(F)F)cn3)CC2)ncn1. The van der Waals surface area contributed by atoms with Crippen LogP contribution in [0.15, 0.2) is 30.7 Å². The summed E-state index contributed by atoms with van der Waals surface area (Å²) in [5, 5.41) is 3.38. The molecule has 0 saturated carbocycles. The third kappa shape index (κ3) is 3.93. The van der Waals surface area contributed by atoms with E-state index in [1.807, 2.05) is 17.9 Å². The third-order valence-electron chi connectivity index (χ3n) is 4.05. The van der Waals surface area contributed by atoms with Gasteiger partial charge in [-0.25, -0.2) is 15.0 Å². The van der Waals surface area contributed by atoms with Gasteiger partial charge in [-0.2, -0.15) is 13.2 Å². The monoisotopic (exact) mass is 337 g/mol. The van der Waals surface area contributed by atoms with Crippen molar-refractivity contribution in [3.8, 4) is 0 Å². The summed E-state index contributed by atoms with van der Waals surface area (Å²) in [6, 6.07) is 4.69. The zero-order valence-corrected chi connectivity index (χ0v) is 13.2. The molecule has 3 heterocycles. The van der Waals surface area contributed by atoms with Crippen LogP contribution >= 0.6 is 0 Å². The molecule has 0 atom stereocenters. The molecule has 0 amide bonds. The van der Waals surface area contributed by atoms with E-state index in [0.29, 0.717) is 5.82 Å². The first-order valence-electron chi connectivity index (χ1n) is 7.75. The van der Waals surface area contributed by atoms with Crippen molar-refractivity contribution in [2.75, 3.05) is 23.3 Å². The Labute approximate surface area is 138 Å². The molecule has 1 aliphatic heterocycles. The van der Waals surface area contributed by atoms with E-state index in [2.05, 4.69) is 20.3 Å². The van der Waals surface area contributed by atoms with Gasteiger partial charge in [-0.1, -0.05) is 0 Å². The van der Waals surface area contributed by atoms with Crippen LogP contribution in [0.5, 0.6) is 0 Å². The normalized spacial score (nSPS) is 16.2. The quantitative estimate of drug-likeness (QED) is 0.931. The molecule has 24 heavy (non-hydrogen) atoms. The van der Waals surface area contributed by atoms with E-state index in [0.717, 1.165) is 49.7 Å². The lowest BCUT2D eigenvalue weighted by atomic mass is 10.0. The molecule has 8 heteroatoms. The molecule has 1 aliphatic rings. The third-order valence-corrected chi connectivity index (χ3v) is 4.05. The summed E-state index contributed by atoms with van der Waals surface area (Å²) in [7, 11) is 0. The minimum atomic E-state index is -4.35. The van der Waals surface area contributed by atoms with Crippen LogP contribution in [0.3, 0.4) is 0 Å². The predicted octanol–water partition coefficient (Wildman–Crippen LogP) is 3.28. The van der Waals surface area contributed by atoms with Crippen molar-refractivity contribution in [1.82, 2.24) is 15.0 Å². The molecule has 3 rings (SSSR count). The van der Waals surface area contributed by atoms with Gasteiger partial charge in [0, 0.05) is 37.1 Å². The second-order valence-corrected chi connectivity index (χ2v) is 5.85. The van der Waals surface area contributed by atoms with Crippen LogP contribution < -0.4 is 10.2 Å².